The van der Waals surface area contributed by atoms with Crippen molar-refractivity contribution in [3.8, 4) is 0 Å². The Morgan fingerprint density at radius 3 is 2.75 bits per heavy atom. The van der Waals surface area contributed by atoms with E-state index < -0.39 is 9.89 Å². The lowest BCUT2D eigenvalue weighted by Crippen LogP contribution is -2.44. The van der Waals surface area contributed by atoms with Crippen LogP contribution in [0.15, 0.2) is 24.5 Å². The molecule has 0 saturated heterocycles. The van der Waals surface area contributed by atoms with Gasteiger partial charge < -0.3 is 4.74 Å². The molecule has 1 aromatic rings. The molecule has 0 unspecified atom stereocenters. The van der Waals surface area contributed by atoms with Gasteiger partial charge in [0.1, 0.15) is 6.61 Å². The molecule has 1 heterocycles. The molecule has 0 amide bonds. The first-order valence-corrected chi connectivity index (χ1v) is 5.26. The van der Waals surface area contributed by atoms with E-state index in [0.29, 0.717) is 11.8 Å². The summed E-state index contributed by atoms with van der Waals surface area (Å²) in [7, 11) is 0. The molecule has 0 fully saturated rings. The maximum atomic E-state index is 11.4. The van der Waals surface area contributed by atoms with Gasteiger partial charge in [0.15, 0.2) is 18.7 Å². The predicted molar refractivity (Wildman–Crippen MR) is 59.1 cm³/mol. The van der Waals surface area contributed by atoms with E-state index in [9.17, 15) is 9.59 Å². The number of carbonyl (C=O) groups excluding carboxylic acids is 2. The van der Waals surface area contributed by atoms with Gasteiger partial charge in [-0.1, -0.05) is 39.4 Å². The molecule has 7 heteroatoms. The highest BCUT2D eigenvalue weighted by molar-refractivity contribution is 6.67. The summed E-state index contributed by atoms with van der Waals surface area (Å²) in [5.74, 6) is 0. The number of hydrogen-bond donors (Lipinski definition) is 0. The minimum absolute atomic E-state index is 0.341. The molecule has 0 spiro atoms. The molecule has 0 atom stereocenters. The van der Waals surface area contributed by atoms with Crippen LogP contribution in [0.5, 0.6) is 0 Å². The van der Waals surface area contributed by atoms with Crippen LogP contribution in [0.25, 0.3) is 0 Å². The van der Waals surface area contributed by atoms with E-state index in [0.717, 1.165) is 4.57 Å². The van der Waals surface area contributed by atoms with Gasteiger partial charge in [0, 0.05) is 6.07 Å². The van der Waals surface area contributed by atoms with Crippen LogP contribution in [0.3, 0.4) is 0 Å². The number of alkyl halides is 3. The Labute approximate surface area is 107 Å². The van der Waals surface area contributed by atoms with Crippen molar-refractivity contribution in [3.05, 3.63) is 30.1 Å². The molecule has 1 rings (SSSR count). The van der Waals surface area contributed by atoms with Crippen molar-refractivity contribution < 1.29 is 18.9 Å². The maximum absolute atomic E-state index is 11.4. The molecule has 4 nitrogen and oxygen atoms in total. The second kappa shape index (κ2) is 5.48. The Bertz CT molecular complexity index is 403. The summed E-state index contributed by atoms with van der Waals surface area (Å²) < 4.78 is 4.13. The summed E-state index contributed by atoms with van der Waals surface area (Å²) in [5, 5.41) is 0. The number of aldehydes is 1. The molecule has 0 saturated carbocycles. The fourth-order valence-corrected chi connectivity index (χ4v) is 1.06. The van der Waals surface area contributed by atoms with Gasteiger partial charge in [-0.3, -0.25) is 4.79 Å². The summed E-state index contributed by atoms with van der Waals surface area (Å²) in [6.45, 7) is -0.366. The van der Waals surface area contributed by atoms with E-state index in [1.165, 1.54) is 18.5 Å². The maximum Gasteiger partial charge on any atom is 0.602 e. The standard InChI is InChI=1S/C9H7Cl3NO3/c10-9(11,12)6-16-8(15)13-3-1-2-7(4-13)5-14/h1-5H,6H2/q+1. The molecule has 0 bridgehead atoms. The summed E-state index contributed by atoms with van der Waals surface area (Å²) in [6, 6.07) is 3.08. The van der Waals surface area contributed by atoms with E-state index in [-0.39, 0.29) is 6.61 Å². The lowest BCUT2D eigenvalue weighted by molar-refractivity contribution is -0.586. The smallest absolute Gasteiger partial charge is 0.407 e. The van der Waals surface area contributed by atoms with Crippen LogP contribution in [-0.4, -0.2) is 22.8 Å². The summed E-state index contributed by atoms with van der Waals surface area (Å²) in [6.07, 6.45) is 2.62. The second-order valence-corrected chi connectivity index (χ2v) is 5.35. The van der Waals surface area contributed by atoms with Crippen LogP contribution >= 0.6 is 34.8 Å². The zero-order valence-electron chi connectivity index (χ0n) is 7.90. The minimum Gasteiger partial charge on any atom is -0.407 e. The molecule has 0 radical (unpaired) electrons. The van der Waals surface area contributed by atoms with Crippen molar-refractivity contribution in [1.82, 2.24) is 0 Å². The molecular weight excluding hydrogens is 276 g/mol. The molecule has 86 valence electrons. The predicted octanol–water partition coefficient (Wildman–Crippen LogP) is 2.14. The average molecular weight is 284 g/mol. The van der Waals surface area contributed by atoms with Crippen LogP contribution in [-0.2, 0) is 4.74 Å². The van der Waals surface area contributed by atoms with Crippen molar-refractivity contribution in [1.29, 1.82) is 0 Å². The molecule has 0 N–H and O–H groups in total. The molecule has 1 aromatic heterocycles. The molecule has 0 aliphatic carbocycles. The molecule has 0 aromatic carbocycles. The lowest BCUT2D eigenvalue weighted by Gasteiger charge is -2.07. The van der Waals surface area contributed by atoms with Gasteiger partial charge >= 0.3 is 6.09 Å². The normalized spacial score (nSPS) is 10.9. The van der Waals surface area contributed by atoms with Crippen LogP contribution < -0.4 is 4.57 Å². The number of hydrogen-bond acceptors (Lipinski definition) is 3. The number of pyridine rings is 1. The van der Waals surface area contributed by atoms with Crippen LogP contribution in [0.2, 0.25) is 0 Å². The highest BCUT2D eigenvalue weighted by Crippen LogP contribution is 2.25. The fraction of sp³-hybridized carbons (Fsp3) is 0.222. The SMILES string of the molecule is O=Cc1ccc[n+](C(=O)OCC(Cl)(Cl)Cl)c1. The highest BCUT2D eigenvalue weighted by atomic mass is 35.6. The summed E-state index contributed by atoms with van der Waals surface area (Å²) in [4.78, 5) is 21.9. The van der Waals surface area contributed by atoms with Gasteiger partial charge in [-0.2, -0.15) is 4.79 Å². The number of rotatable bonds is 2. The number of ether oxygens (including phenoxy) is 1. The van der Waals surface area contributed by atoms with E-state index in [1.807, 2.05) is 0 Å². The first kappa shape index (κ1) is 13.2. The summed E-state index contributed by atoms with van der Waals surface area (Å²) in [5.41, 5.74) is 0.341. The van der Waals surface area contributed by atoms with Crippen LogP contribution in [0.1, 0.15) is 10.4 Å². The quantitative estimate of drug-likeness (QED) is 0.475. The van der Waals surface area contributed by atoms with E-state index in [4.69, 9.17) is 39.5 Å². The van der Waals surface area contributed by atoms with Crippen molar-refractivity contribution in [2.45, 2.75) is 3.79 Å². The third-order valence-corrected chi connectivity index (χ3v) is 1.86. The third-order valence-electron chi connectivity index (χ3n) is 1.53. The Balaban J connectivity index is 2.69. The molecule has 0 aliphatic heterocycles. The minimum atomic E-state index is -1.65. The lowest BCUT2D eigenvalue weighted by atomic mass is 10.3. The number of aromatic nitrogens is 1. The Kier molecular flexibility index (Phi) is 4.53. The van der Waals surface area contributed by atoms with E-state index in [1.54, 1.807) is 6.07 Å². The fourth-order valence-electron chi connectivity index (χ4n) is 0.895. The first-order chi connectivity index (χ1) is 7.42. The highest BCUT2D eigenvalue weighted by Gasteiger charge is 2.26. The first-order valence-electron chi connectivity index (χ1n) is 4.13. The van der Waals surface area contributed by atoms with Crippen molar-refractivity contribution in [3.63, 3.8) is 0 Å². The molecule has 16 heavy (non-hydrogen) atoms. The van der Waals surface area contributed by atoms with Gasteiger partial charge in [0.25, 0.3) is 0 Å². The van der Waals surface area contributed by atoms with Crippen LogP contribution in [0.4, 0.5) is 4.79 Å². The Morgan fingerprint density at radius 2 is 2.19 bits per heavy atom. The van der Waals surface area contributed by atoms with Gasteiger partial charge in [0.05, 0.1) is 5.56 Å². The van der Waals surface area contributed by atoms with Crippen LogP contribution in [0, 0.1) is 0 Å². The Morgan fingerprint density at radius 1 is 1.50 bits per heavy atom. The molecule has 0 aliphatic rings. The number of nitrogens with zero attached hydrogens (tertiary/aromatic N) is 1. The zero-order chi connectivity index (χ0) is 12.2. The van der Waals surface area contributed by atoms with Crippen molar-refractivity contribution in [2.24, 2.45) is 0 Å². The largest absolute Gasteiger partial charge is 0.602 e. The number of carbonyl (C=O) groups is 2. The van der Waals surface area contributed by atoms with E-state index in [2.05, 4.69) is 0 Å². The van der Waals surface area contributed by atoms with Gasteiger partial charge in [-0.15, -0.1) is 0 Å². The molecular formula is C9H7Cl3NO3+. The monoisotopic (exact) mass is 282 g/mol. The average Bonchev–Trinajstić information content (AvgIpc) is 2.25. The zero-order valence-corrected chi connectivity index (χ0v) is 10.2. The van der Waals surface area contributed by atoms with Gasteiger partial charge in [0.2, 0.25) is 3.79 Å². The topological polar surface area (TPSA) is 47.2 Å². The second-order valence-electron chi connectivity index (χ2n) is 2.83. The van der Waals surface area contributed by atoms with Crippen molar-refractivity contribution >= 4 is 47.2 Å². The van der Waals surface area contributed by atoms with Crippen molar-refractivity contribution in [2.75, 3.05) is 6.61 Å². The third kappa shape index (κ3) is 4.35. The van der Waals surface area contributed by atoms with Gasteiger partial charge in [-0.25, -0.2) is 0 Å². The van der Waals surface area contributed by atoms with Gasteiger partial charge in [-0.05, 0) is 6.07 Å². The number of halogens is 3. The Hall–Kier alpha value is -0.840. The van der Waals surface area contributed by atoms with E-state index >= 15 is 0 Å². The summed E-state index contributed by atoms with van der Waals surface area (Å²) >= 11 is 16.2.